The molecule has 29 heavy (non-hydrogen) atoms. The smallest absolute Gasteiger partial charge is 0.305 e. The summed E-state index contributed by atoms with van der Waals surface area (Å²) in [7, 11) is 1.48. The fourth-order valence-corrected chi connectivity index (χ4v) is 9.07. The molecule has 3 heteroatoms. The lowest BCUT2D eigenvalue weighted by atomic mass is 9.42. The summed E-state index contributed by atoms with van der Waals surface area (Å²) in [5.41, 5.74) is 0.649. The Morgan fingerprint density at radius 2 is 1.76 bits per heavy atom. The van der Waals surface area contributed by atoms with Crippen molar-refractivity contribution in [1.29, 1.82) is 0 Å². The summed E-state index contributed by atoms with van der Waals surface area (Å²) >= 11 is 0. The number of fused-ring (bicyclic) bond motifs is 5. The van der Waals surface area contributed by atoms with Gasteiger partial charge in [-0.1, -0.05) is 40.5 Å². The van der Waals surface area contributed by atoms with Crippen molar-refractivity contribution >= 4 is 11.8 Å². The molecule has 0 aromatic carbocycles. The molecule has 0 aromatic heterocycles. The largest absolute Gasteiger partial charge is 0.469 e. The summed E-state index contributed by atoms with van der Waals surface area (Å²) in [5, 5.41) is 0. The van der Waals surface area contributed by atoms with E-state index in [1.807, 2.05) is 0 Å². The average Bonchev–Trinajstić information content (AvgIpc) is 3.06. The Morgan fingerprint density at radius 1 is 1.03 bits per heavy atom. The highest BCUT2D eigenvalue weighted by atomic mass is 16.5. The first kappa shape index (κ1) is 21.4. The summed E-state index contributed by atoms with van der Waals surface area (Å²) in [4.78, 5) is 25.4. The van der Waals surface area contributed by atoms with E-state index < -0.39 is 0 Å². The Balaban J connectivity index is 1.57. The number of hydrogen-bond acceptors (Lipinski definition) is 3. The number of Topliss-reactive ketones (excluding diaryl/α,β-unsaturated/α-hetero) is 1. The molecule has 0 N–H and O–H groups in total. The molecule has 4 rings (SSSR count). The summed E-state index contributed by atoms with van der Waals surface area (Å²) in [6, 6.07) is 0. The van der Waals surface area contributed by atoms with E-state index in [1.54, 1.807) is 0 Å². The minimum absolute atomic E-state index is 0.0900. The van der Waals surface area contributed by atoms with Gasteiger partial charge in [-0.15, -0.1) is 0 Å². The molecule has 4 saturated carbocycles. The van der Waals surface area contributed by atoms with Crippen molar-refractivity contribution in [2.24, 2.45) is 52.3 Å². The van der Waals surface area contributed by atoms with Crippen molar-refractivity contribution in [3.8, 4) is 0 Å². The maximum absolute atomic E-state index is 13.7. The Morgan fingerprint density at radius 3 is 2.48 bits per heavy atom. The Labute approximate surface area is 177 Å². The van der Waals surface area contributed by atoms with E-state index in [0.29, 0.717) is 53.1 Å². The van der Waals surface area contributed by atoms with Gasteiger partial charge in [0.05, 0.1) is 7.11 Å². The molecule has 3 unspecified atom stereocenters. The van der Waals surface area contributed by atoms with Crippen LogP contribution in [0.15, 0.2) is 0 Å². The van der Waals surface area contributed by atoms with Gasteiger partial charge in [-0.25, -0.2) is 0 Å². The van der Waals surface area contributed by atoms with E-state index >= 15 is 0 Å². The predicted octanol–water partition coefficient (Wildman–Crippen LogP) is 6.05. The van der Waals surface area contributed by atoms with Crippen LogP contribution in [0.1, 0.15) is 91.9 Å². The fourth-order valence-electron chi connectivity index (χ4n) is 9.07. The molecule has 0 amide bonds. The first-order valence-electron chi connectivity index (χ1n) is 12.3. The van der Waals surface area contributed by atoms with Crippen LogP contribution < -0.4 is 0 Å². The third kappa shape index (κ3) is 3.21. The van der Waals surface area contributed by atoms with Crippen molar-refractivity contribution in [2.45, 2.75) is 91.9 Å². The molecule has 4 fully saturated rings. The van der Waals surface area contributed by atoms with Gasteiger partial charge in [0.2, 0.25) is 0 Å². The van der Waals surface area contributed by atoms with Crippen LogP contribution in [0.5, 0.6) is 0 Å². The normalized spacial score (nSPS) is 47.7. The SMILES string of the molecule is COC(=O)CC[C@@H](C)[C@H]1CCC2[C@@H]3C(=O)[C@H](C)C4CCCCC4(C)[C@H]3CC[C@@]21C. The van der Waals surface area contributed by atoms with Crippen LogP contribution in [0.3, 0.4) is 0 Å². The summed E-state index contributed by atoms with van der Waals surface area (Å²) in [6.07, 6.45) is 11.7. The fraction of sp³-hybridized carbons (Fsp3) is 0.923. The molecule has 4 aliphatic carbocycles. The van der Waals surface area contributed by atoms with Gasteiger partial charge in [-0.3, -0.25) is 9.59 Å². The lowest BCUT2D eigenvalue weighted by Crippen LogP contribution is -2.59. The molecule has 0 spiro atoms. The lowest BCUT2D eigenvalue weighted by molar-refractivity contribution is -0.166. The van der Waals surface area contributed by atoms with Gasteiger partial charge in [0, 0.05) is 18.3 Å². The van der Waals surface area contributed by atoms with Crippen LogP contribution >= 0.6 is 0 Å². The van der Waals surface area contributed by atoms with Gasteiger partial charge in [0.25, 0.3) is 0 Å². The van der Waals surface area contributed by atoms with E-state index in [2.05, 4.69) is 27.7 Å². The van der Waals surface area contributed by atoms with Crippen LogP contribution in [0.25, 0.3) is 0 Å². The van der Waals surface area contributed by atoms with Crippen LogP contribution in [0.4, 0.5) is 0 Å². The second-order valence-electron chi connectivity index (χ2n) is 11.6. The molecule has 9 atom stereocenters. The molecule has 0 bridgehead atoms. The van der Waals surface area contributed by atoms with Crippen LogP contribution in [0, 0.1) is 52.3 Å². The van der Waals surface area contributed by atoms with Crippen molar-refractivity contribution in [3.63, 3.8) is 0 Å². The van der Waals surface area contributed by atoms with Gasteiger partial charge in [-0.2, -0.15) is 0 Å². The second kappa shape index (κ2) is 7.68. The summed E-state index contributed by atoms with van der Waals surface area (Å²) < 4.78 is 4.87. The van der Waals surface area contributed by atoms with Gasteiger partial charge < -0.3 is 4.74 Å². The minimum atomic E-state index is -0.0900. The number of methoxy groups -OCH3 is 1. The predicted molar refractivity (Wildman–Crippen MR) is 115 cm³/mol. The molecule has 0 saturated heterocycles. The topological polar surface area (TPSA) is 43.4 Å². The highest BCUT2D eigenvalue weighted by molar-refractivity contribution is 5.85. The number of hydrogen-bond donors (Lipinski definition) is 0. The van der Waals surface area contributed by atoms with E-state index in [-0.39, 0.29) is 17.3 Å². The highest BCUT2D eigenvalue weighted by Gasteiger charge is 2.64. The first-order valence-corrected chi connectivity index (χ1v) is 12.3. The zero-order valence-corrected chi connectivity index (χ0v) is 19.3. The average molecular weight is 403 g/mol. The maximum Gasteiger partial charge on any atom is 0.305 e. The van der Waals surface area contributed by atoms with E-state index in [9.17, 15) is 9.59 Å². The van der Waals surface area contributed by atoms with Crippen LogP contribution in [-0.2, 0) is 14.3 Å². The Bertz CT molecular complexity index is 656. The Kier molecular flexibility index (Phi) is 5.66. The van der Waals surface area contributed by atoms with Crippen molar-refractivity contribution in [3.05, 3.63) is 0 Å². The number of esters is 1. The third-order valence-electron chi connectivity index (χ3n) is 10.6. The highest BCUT2D eigenvalue weighted by Crippen LogP contribution is 2.68. The molecule has 0 heterocycles. The molecule has 0 aliphatic heterocycles. The van der Waals surface area contributed by atoms with Crippen molar-refractivity contribution in [2.75, 3.05) is 7.11 Å². The number of carbonyl (C=O) groups excluding carboxylic acids is 2. The lowest BCUT2D eigenvalue weighted by Gasteiger charge is -2.61. The van der Waals surface area contributed by atoms with Crippen molar-refractivity contribution < 1.29 is 14.3 Å². The molecule has 0 radical (unpaired) electrons. The molecule has 3 nitrogen and oxygen atoms in total. The van der Waals surface area contributed by atoms with Gasteiger partial charge in [0.1, 0.15) is 5.78 Å². The summed E-state index contributed by atoms with van der Waals surface area (Å²) in [5.74, 6) is 4.00. The molecule has 4 aliphatic rings. The van der Waals surface area contributed by atoms with Gasteiger partial charge in [0.15, 0.2) is 0 Å². The third-order valence-corrected chi connectivity index (χ3v) is 10.6. The minimum Gasteiger partial charge on any atom is -0.469 e. The molecule has 164 valence electrons. The van der Waals surface area contributed by atoms with E-state index in [4.69, 9.17) is 4.74 Å². The standard InChI is InChI=1S/C26H42O3/c1-16(9-12-22(27)29-5)18-10-11-20-23-21(13-15-26(18,20)4)25(3)14-7-6-8-19(25)17(2)24(23)28/h16-21,23H,6-15H2,1-5H3/t16-,17-,18-,19?,20?,21+,23+,25?,26-/m1/s1. The number of carbonyl (C=O) groups is 2. The van der Waals surface area contributed by atoms with Crippen LogP contribution in [0.2, 0.25) is 0 Å². The Hall–Kier alpha value is -0.860. The van der Waals surface area contributed by atoms with Crippen molar-refractivity contribution in [1.82, 2.24) is 0 Å². The zero-order valence-electron chi connectivity index (χ0n) is 19.3. The zero-order chi connectivity index (χ0) is 21.0. The van der Waals surface area contributed by atoms with Gasteiger partial charge in [-0.05, 0) is 85.4 Å². The molecule has 0 aromatic rings. The van der Waals surface area contributed by atoms with Gasteiger partial charge >= 0.3 is 5.97 Å². The first-order chi connectivity index (χ1) is 13.7. The number of ether oxygens (including phenoxy) is 1. The quantitative estimate of drug-likeness (QED) is 0.538. The van der Waals surface area contributed by atoms with E-state index in [0.717, 1.165) is 6.42 Å². The van der Waals surface area contributed by atoms with E-state index in [1.165, 1.54) is 58.5 Å². The monoisotopic (exact) mass is 402 g/mol. The molecular weight excluding hydrogens is 360 g/mol. The molecular formula is C26H42O3. The number of ketones is 1. The van der Waals surface area contributed by atoms with Crippen LogP contribution in [-0.4, -0.2) is 18.9 Å². The number of rotatable bonds is 4. The maximum atomic E-state index is 13.7. The summed E-state index contributed by atoms with van der Waals surface area (Å²) in [6.45, 7) is 9.63. The second-order valence-corrected chi connectivity index (χ2v) is 11.6.